The molecule has 0 aliphatic carbocycles. The van der Waals surface area contributed by atoms with Crippen LogP contribution in [-0.4, -0.2) is 27.6 Å². The lowest BCUT2D eigenvalue weighted by molar-refractivity contribution is 0.376. The summed E-state index contributed by atoms with van der Waals surface area (Å²) in [6.45, 7) is 1.92. The number of halogens is 2. The summed E-state index contributed by atoms with van der Waals surface area (Å²) in [7, 11) is 0. The molecule has 0 atom stereocenters. The van der Waals surface area contributed by atoms with Gasteiger partial charge in [-0.1, -0.05) is 23.7 Å². The van der Waals surface area contributed by atoms with Gasteiger partial charge in [0.15, 0.2) is 5.65 Å². The molecule has 118 valence electrons. The highest BCUT2D eigenvalue weighted by atomic mass is 35.5. The Morgan fingerprint density at radius 1 is 1.22 bits per heavy atom. The summed E-state index contributed by atoms with van der Waals surface area (Å²) in [5.74, 6) is 0.485. The zero-order valence-corrected chi connectivity index (χ0v) is 13.2. The fourth-order valence-corrected chi connectivity index (χ4v) is 3.35. The molecular weight excluding hydrogens is 315 g/mol. The van der Waals surface area contributed by atoms with Crippen molar-refractivity contribution in [2.75, 3.05) is 13.1 Å². The number of benzene rings is 1. The van der Waals surface area contributed by atoms with Crippen LogP contribution < -0.4 is 5.32 Å². The van der Waals surface area contributed by atoms with E-state index in [4.69, 9.17) is 11.6 Å². The van der Waals surface area contributed by atoms with Crippen molar-refractivity contribution in [1.82, 2.24) is 19.9 Å². The number of imidazole rings is 1. The second-order valence-corrected chi connectivity index (χ2v) is 6.23. The van der Waals surface area contributed by atoms with E-state index in [1.165, 1.54) is 12.1 Å². The molecule has 1 N–H and O–H groups in total. The van der Waals surface area contributed by atoms with Crippen molar-refractivity contribution in [3.05, 3.63) is 47.4 Å². The van der Waals surface area contributed by atoms with Gasteiger partial charge in [-0.15, -0.1) is 0 Å². The molecule has 1 aliphatic rings. The summed E-state index contributed by atoms with van der Waals surface area (Å²) < 4.78 is 15.8. The highest BCUT2D eigenvalue weighted by molar-refractivity contribution is 6.31. The van der Waals surface area contributed by atoms with Crippen LogP contribution in [0.3, 0.4) is 0 Å². The first-order valence-corrected chi connectivity index (χ1v) is 8.10. The molecule has 1 aliphatic heterocycles. The third kappa shape index (κ3) is 2.71. The Morgan fingerprint density at radius 2 is 2.04 bits per heavy atom. The van der Waals surface area contributed by atoms with Crippen LogP contribution in [0.15, 0.2) is 36.5 Å². The first-order chi connectivity index (χ1) is 11.2. The Labute approximate surface area is 138 Å². The van der Waals surface area contributed by atoms with E-state index in [0.717, 1.165) is 48.5 Å². The van der Waals surface area contributed by atoms with Crippen LogP contribution in [-0.2, 0) is 0 Å². The number of hydrogen-bond acceptors (Lipinski definition) is 3. The van der Waals surface area contributed by atoms with E-state index in [2.05, 4.69) is 19.9 Å². The molecule has 0 amide bonds. The van der Waals surface area contributed by atoms with Gasteiger partial charge in [0.25, 0.3) is 0 Å². The van der Waals surface area contributed by atoms with Crippen molar-refractivity contribution in [3.63, 3.8) is 0 Å². The van der Waals surface area contributed by atoms with Gasteiger partial charge in [-0.05, 0) is 44.1 Å². The zero-order chi connectivity index (χ0) is 15.8. The van der Waals surface area contributed by atoms with Crippen LogP contribution in [0.25, 0.3) is 22.6 Å². The summed E-state index contributed by atoms with van der Waals surface area (Å²) in [5.41, 5.74) is 2.31. The molecule has 6 heteroatoms. The second kappa shape index (κ2) is 5.91. The monoisotopic (exact) mass is 330 g/mol. The van der Waals surface area contributed by atoms with Crippen molar-refractivity contribution in [2.45, 2.75) is 18.9 Å². The predicted octanol–water partition coefficient (Wildman–Crippen LogP) is 3.82. The summed E-state index contributed by atoms with van der Waals surface area (Å²) in [6, 6.07) is 8.65. The number of nitrogens with one attached hydrogen (secondary N) is 1. The molecule has 0 unspecified atom stereocenters. The topological polar surface area (TPSA) is 42.7 Å². The normalized spacial score (nSPS) is 16.1. The molecule has 4 nitrogen and oxygen atoms in total. The fraction of sp³-hybridized carbons (Fsp3) is 0.294. The van der Waals surface area contributed by atoms with Gasteiger partial charge in [-0.25, -0.2) is 14.4 Å². The number of pyridine rings is 1. The molecule has 3 heterocycles. The van der Waals surface area contributed by atoms with Gasteiger partial charge in [0.2, 0.25) is 0 Å². The van der Waals surface area contributed by atoms with Gasteiger partial charge in [0.1, 0.15) is 17.2 Å². The lowest BCUT2D eigenvalue weighted by Gasteiger charge is -2.25. The average Bonchev–Trinajstić information content (AvgIpc) is 2.94. The zero-order valence-electron chi connectivity index (χ0n) is 12.5. The number of aromatic nitrogens is 3. The van der Waals surface area contributed by atoms with Crippen molar-refractivity contribution < 1.29 is 4.39 Å². The van der Waals surface area contributed by atoms with E-state index >= 15 is 0 Å². The second-order valence-electron chi connectivity index (χ2n) is 5.79. The Kier molecular flexibility index (Phi) is 3.75. The number of nitrogens with zero attached hydrogens (tertiary/aromatic N) is 3. The van der Waals surface area contributed by atoms with Gasteiger partial charge in [-0.2, -0.15) is 0 Å². The maximum absolute atomic E-state index is 13.7. The van der Waals surface area contributed by atoms with Gasteiger partial charge in [-0.3, -0.25) is 0 Å². The lowest BCUT2D eigenvalue weighted by Crippen LogP contribution is -2.29. The third-order valence-corrected chi connectivity index (χ3v) is 4.46. The van der Waals surface area contributed by atoms with E-state index < -0.39 is 0 Å². The minimum Gasteiger partial charge on any atom is -0.317 e. The third-order valence-electron chi connectivity index (χ3n) is 4.25. The van der Waals surface area contributed by atoms with Crippen molar-refractivity contribution in [3.8, 4) is 11.4 Å². The van der Waals surface area contributed by atoms with Crippen LogP contribution in [0.4, 0.5) is 4.39 Å². The standard InChI is InChI=1S/C17H16ClFN4/c18-12-9-15-17(21-10-12)23(14-4-6-20-7-5-14)16(22-15)11-2-1-3-13(19)8-11/h1-3,8-10,14,20H,4-7H2. The minimum absolute atomic E-state index is 0.266. The van der Waals surface area contributed by atoms with E-state index in [0.29, 0.717) is 11.1 Å². The van der Waals surface area contributed by atoms with E-state index in [1.807, 2.05) is 12.1 Å². The lowest BCUT2D eigenvalue weighted by atomic mass is 10.1. The van der Waals surface area contributed by atoms with Crippen LogP contribution in [0.5, 0.6) is 0 Å². The summed E-state index contributed by atoms with van der Waals surface area (Å²) >= 11 is 6.06. The quantitative estimate of drug-likeness (QED) is 0.777. The van der Waals surface area contributed by atoms with Crippen LogP contribution in [0.2, 0.25) is 5.02 Å². The van der Waals surface area contributed by atoms with Crippen LogP contribution >= 0.6 is 11.6 Å². The first kappa shape index (κ1) is 14.6. The molecule has 1 fully saturated rings. The predicted molar refractivity (Wildman–Crippen MR) is 89.1 cm³/mol. The number of fused-ring (bicyclic) bond motifs is 1. The van der Waals surface area contributed by atoms with Crippen LogP contribution in [0.1, 0.15) is 18.9 Å². The molecule has 1 saturated heterocycles. The van der Waals surface area contributed by atoms with Gasteiger partial charge >= 0.3 is 0 Å². The molecule has 0 radical (unpaired) electrons. The smallest absolute Gasteiger partial charge is 0.160 e. The molecule has 4 rings (SSSR count). The SMILES string of the molecule is Fc1cccc(-c2nc3cc(Cl)cnc3n2C2CCNCC2)c1. The molecule has 2 aromatic heterocycles. The molecular formula is C17H16ClFN4. The maximum atomic E-state index is 13.7. The average molecular weight is 331 g/mol. The van der Waals surface area contributed by atoms with Gasteiger partial charge in [0, 0.05) is 17.8 Å². The summed E-state index contributed by atoms with van der Waals surface area (Å²) in [5, 5.41) is 3.92. The fourth-order valence-electron chi connectivity index (χ4n) is 3.20. The molecule has 1 aromatic carbocycles. The first-order valence-electron chi connectivity index (χ1n) is 7.72. The van der Waals surface area contributed by atoms with Crippen molar-refractivity contribution >= 4 is 22.8 Å². The van der Waals surface area contributed by atoms with Crippen LogP contribution in [0, 0.1) is 5.82 Å². The highest BCUT2D eigenvalue weighted by Gasteiger charge is 2.23. The highest BCUT2D eigenvalue weighted by Crippen LogP contribution is 2.32. The Hall–Kier alpha value is -1.98. The molecule has 23 heavy (non-hydrogen) atoms. The van der Waals surface area contributed by atoms with Crippen molar-refractivity contribution in [1.29, 1.82) is 0 Å². The Bertz CT molecular complexity index is 855. The van der Waals surface area contributed by atoms with E-state index in [-0.39, 0.29) is 5.82 Å². The summed E-state index contributed by atoms with van der Waals surface area (Å²) in [6.07, 6.45) is 3.63. The largest absolute Gasteiger partial charge is 0.317 e. The number of piperidine rings is 1. The molecule has 3 aromatic rings. The molecule has 0 spiro atoms. The Balaban J connectivity index is 1.94. The van der Waals surface area contributed by atoms with Gasteiger partial charge in [0.05, 0.1) is 5.02 Å². The van der Waals surface area contributed by atoms with E-state index in [1.54, 1.807) is 12.3 Å². The van der Waals surface area contributed by atoms with Crippen molar-refractivity contribution in [2.24, 2.45) is 0 Å². The van der Waals surface area contributed by atoms with E-state index in [9.17, 15) is 4.39 Å². The molecule has 0 saturated carbocycles. The minimum atomic E-state index is -0.266. The molecule has 0 bridgehead atoms. The summed E-state index contributed by atoms with van der Waals surface area (Å²) in [4.78, 5) is 9.17. The Morgan fingerprint density at radius 3 is 2.83 bits per heavy atom. The number of rotatable bonds is 2. The number of hydrogen-bond donors (Lipinski definition) is 1. The maximum Gasteiger partial charge on any atom is 0.160 e. The van der Waals surface area contributed by atoms with Gasteiger partial charge < -0.3 is 9.88 Å².